The smallest absolute Gasteiger partial charge is 0.118 e. The summed E-state index contributed by atoms with van der Waals surface area (Å²) in [6.45, 7) is 1.91. The summed E-state index contributed by atoms with van der Waals surface area (Å²) in [5.74, 6) is 0.784. The number of hydrogen-bond donors (Lipinski definition) is 1. The van der Waals surface area contributed by atoms with Gasteiger partial charge in [0, 0.05) is 11.9 Å². The molecule has 3 heteroatoms. The van der Waals surface area contributed by atoms with E-state index in [4.69, 9.17) is 4.74 Å². The standard InChI is InChI=1S/C14H15NO2/c1-10-9-12(7-8-15-10)14(16)11-3-5-13(17-2)6-4-11/h3-9,14,16H,1-2H3. The van der Waals surface area contributed by atoms with Crippen LogP contribution in [0, 0.1) is 6.92 Å². The fourth-order valence-electron chi connectivity index (χ4n) is 1.72. The Kier molecular flexibility index (Phi) is 3.40. The minimum absolute atomic E-state index is 0.623. The number of aryl methyl sites for hydroxylation is 1. The molecule has 3 nitrogen and oxygen atoms in total. The lowest BCUT2D eigenvalue weighted by molar-refractivity contribution is 0.220. The number of ether oxygens (including phenoxy) is 1. The fraction of sp³-hybridized carbons (Fsp3) is 0.214. The van der Waals surface area contributed by atoms with E-state index in [9.17, 15) is 5.11 Å². The highest BCUT2D eigenvalue weighted by Gasteiger charge is 2.10. The zero-order chi connectivity index (χ0) is 12.3. The van der Waals surface area contributed by atoms with Crippen LogP contribution in [0.1, 0.15) is 22.9 Å². The number of rotatable bonds is 3. The van der Waals surface area contributed by atoms with E-state index in [1.54, 1.807) is 13.3 Å². The topological polar surface area (TPSA) is 42.4 Å². The first kappa shape index (κ1) is 11.6. The van der Waals surface area contributed by atoms with Gasteiger partial charge in [-0.15, -0.1) is 0 Å². The molecule has 1 aromatic heterocycles. The third kappa shape index (κ3) is 2.63. The second-order valence-electron chi connectivity index (χ2n) is 3.91. The zero-order valence-corrected chi connectivity index (χ0v) is 9.92. The highest BCUT2D eigenvalue weighted by Crippen LogP contribution is 2.23. The molecule has 0 bridgehead atoms. The molecule has 0 aliphatic carbocycles. The summed E-state index contributed by atoms with van der Waals surface area (Å²) in [6, 6.07) is 11.1. The van der Waals surface area contributed by atoms with Gasteiger partial charge >= 0.3 is 0 Å². The maximum atomic E-state index is 10.2. The zero-order valence-electron chi connectivity index (χ0n) is 9.92. The third-order valence-corrected chi connectivity index (χ3v) is 2.67. The van der Waals surface area contributed by atoms with Gasteiger partial charge in [-0.2, -0.15) is 0 Å². The van der Waals surface area contributed by atoms with E-state index in [-0.39, 0.29) is 0 Å². The highest BCUT2D eigenvalue weighted by atomic mass is 16.5. The first-order chi connectivity index (χ1) is 8.20. The van der Waals surface area contributed by atoms with Crippen molar-refractivity contribution in [2.45, 2.75) is 13.0 Å². The molecule has 0 spiro atoms. The first-order valence-corrected chi connectivity index (χ1v) is 5.45. The summed E-state index contributed by atoms with van der Waals surface area (Å²) < 4.78 is 5.08. The van der Waals surface area contributed by atoms with Crippen LogP contribution in [-0.2, 0) is 0 Å². The van der Waals surface area contributed by atoms with E-state index < -0.39 is 6.10 Å². The van der Waals surface area contributed by atoms with Gasteiger partial charge in [0.05, 0.1) is 7.11 Å². The number of aromatic nitrogens is 1. The molecule has 17 heavy (non-hydrogen) atoms. The minimum Gasteiger partial charge on any atom is -0.497 e. The number of hydrogen-bond acceptors (Lipinski definition) is 3. The summed E-state index contributed by atoms with van der Waals surface area (Å²) in [7, 11) is 1.62. The Morgan fingerprint density at radius 3 is 2.41 bits per heavy atom. The Bertz CT molecular complexity index is 494. The van der Waals surface area contributed by atoms with Crippen molar-refractivity contribution in [2.24, 2.45) is 0 Å². The van der Waals surface area contributed by atoms with Crippen LogP contribution in [0.3, 0.4) is 0 Å². The van der Waals surface area contributed by atoms with Gasteiger partial charge < -0.3 is 9.84 Å². The molecule has 1 N–H and O–H groups in total. The van der Waals surface area contributed by atoms with Crippen LogP contribution >= 0.6 is 0 Å². The molecule has 1 unspecified atom stereocenters. The van der Waals surface area contributed by atoms with Gasteiger partial charge in [0.15, 0.2) is 0 Å². The third-order valence-electron chi connectivity index (χ3n) is 2.67. The Labute approximate surface area is 101 Å². The summed E-state index contributed by atoms with van der Waals surface area (Å²) in [5, 5.41) is 10.2. The number of aliphatic hydroxyl groups is 1. The molecular formula is C14H15NO2. The van der Waals surface area contributed by atoms with Crippen molar-refractivity contribution in [1.29, 1.82) is 0 Å². The molecule has 0 radical (unpaired) electrons. The molecule has 0 saturated carbocycles. The van der Waals surface area contributed by atoms with Gasteiger partial charge in [-0.05, 0) is 42.3 Å². The molecule has 0 aliphatic rings. The average Bonchev–Trinajstić information content (AvgIpc) is 2.38. The summed E-state index contributed by atoms with van der Waals surface area (Å²) >= 11 is 0. The van der Waals surface area contributed by atoms with Crippen molar-refractivity contribution < 1.29 is 9.84 Å². The Morgan fingerprint density at radius 1 is 1.12 bits per heavy atom. The number of benzene rings is 1. The largest absolute Gasteiger partial charge is 0.497 e. The van der Waals surface area contributed by atoms with E-state index >= 15 is 0 Å². The lowest BCUT2D eigenvalue weighted by atomic mass is 10.0. The van der Waals surface area contributed by atoms with Crippen LogP contribution in [-0.4, -0.2) is 17.2 Å². The molecule has 0 fully saturated rings. The van der Waals surface area contributed by atoms with Gasteiger partial charge in [0.1, 0.15) is 11.9 Å². The van der Waals surface area contributed by atoms with Crippen molar-refractivity contribution in [3.63, 3.8) is 0 Å². The number of nitrogens with zero attached hydrogens (tertiary/aromatic N) is 1. The molecule has 0 aliphatic heterocycles. The van der Waals surface area contributed by atoms with Crippen LogP contribution in [0.4, 0.5) is 0 Å². The van der Waals surface area contributed by atoms with Crippen LogP contribution in [0.2, 0.25) is 0 Å². The Morgan fingerprint density at radius 2 is 1.82 bits per heavy atom. The van der Waals surface area contributed by atoms with E-state index in [1.165, 1.54) is 0 Å². The van der Waals surface area contributed by atoms with E-state index in [1.807, 2.05) is 43.3 Å². The Hall–Kier alpha value is -1.87. The molecule has 0 saturated heterocycles. The molecule has 1 heterocycles. The lowest BCUT2D eigenvalue weighted by Gasteiger charge is -2.12. The first-order valence-electron chi connectivity index (χ1n) is 5.45. The fourth-order valence-corrected chi connectivity index (χ4v) is 1.72. The van der Waals surface area contributed by atoms with Gasteiger partial charge in [0.25, 0.3) is 0 Å². The minimum atomic E-state index is -0.623. The maximum absolute atomic E-state index is 10.2. The van der Waals surface area contributed by atoms with Crippen molar-refractivity contribution in [3.8, 4) is 5.75 Å². The van der Waals surface area contributed by atoms with Gasteiger partial charge in [0.2, 0.25) is 0 Å². The van der Waals surface area contributed by atoms with Crippen LogP contribution in [0.25, 0.3) is 0 Å². The van der Waals surface area contributed by atoms with Gasteiger partial charge in [-0.25, -0.2) is 0 Å². The highest BCUT2D eigenvalue weighted by molar-refractivity contribution is 5.34. The number of methoxy groups -OCH3 is 1. The van der Waals surface area contributed by atoms with E-state index in [0.29, 0.717) is 0 Å². The molecule has 1 aromatic carbocycles. The van der Waals surface area contributed by atoms with Crippen molar-refractivity contribution in [2.75, 3.05) is 7.11 Å². The second kappa shape index (κ2) is 4.97. The predicted molar refractivity (Wildman–Crippen MR) is 66.0 cm³/mol. The van der Waals surface area contributed by atoms with Crippen LogP contribution < -0.4 is 4.74 Å². The predicted octanol–water partition coefficient (Wildman–Crippen LogP) is 2.48. The van der Waals surface area contributed by atoms with E-state index in [0.717, 1.165) is 22.6 Å². The van der Waals surface area contributed by atoms with Crippen LogP contribution in [0.15, 0.2) is 42.6 Å². The van der Waals surface area contributed by atoms with Crippen molar-refractivity contribution >= 4 is 0 Å². The summed E-state index contributed by atoms with van der Waals surface area (Å²) in [4.78, 5) is 4.11. The van der Waals surface area contributed by atoms with Crippen LogP contribution in [0.5, 0.6) is 5.75 Å². The van der Waals surface area contributed by atoms with Gasteiger partial charge in [-0.1, -0.05) is 12.1 Å². The summed E-state index contributed by atoms with van der Waals surface area (Å²) in [5.41, 5.74) is 2.59. The molecule has 2 aromatic rings. The lowest BCUT2D eigenvalue weighted by Crippen LogP contribution is -2.00. The SMILES string of the molecule is COc1ccc(C(O)c2ccnc(C)c2)cc1. The Balaban J connectivity index is 2.27. The number of pyridine rings is 1. The molecule has 2 rings (SSSR count). The van der Waals surface area contributed by atoms with Gasteiger partial charge in [-0.3, -0.25) is 4.98 Å². The number of aliphatic hydroxyl groups excluding tert-OH is 1. The van der Waals surface area contributed by atoms with E-state index in [2.05, 4.69) is 4.98 Å². The monoisotopic (exact) mass is 229 g/mol. The second-order valence-corrected chi connectivity index (χ2v) is 3.91. The molecular weight excluding hydrogens is 214 g/mol. The van der Waals surface area contributed by atoms with Crippen molar-refractivity contribution in [3.05, 3.63) is 59.4 Å². The average molecular weight is 229 g/mol. The van der Waals surface area contributed by atoms with Crippen molar-refractivity contribution in [1.82, 2.24) is 4.98 Å². The molecule has 1 atom stereocenters. The molecule has 88 valence electrons. The quantitative estimate of drug-likeness (QED) is 0.879. The normalized spacial score (nSPS) is 12.2. The summed E-state index contributed by atoms with van der Waals surface area (Å²) in [6.07, 6.45) is 1.08. The maximum Gasteiger partial charge on any atom is 0.118 e. The molecule has 0 amide bonds.